The molecule has 1 atom stereocenters. The molecule has 1 aliphatic rings. The normalized spacial score (nSPS) is 33.0. The van der Waals surface area contributed by atoms with Crippen LogP contribution in [0.3, 0.4) is 0 Å². The highest BCUT2D eigenvalue weighted by atomic mass is 35.5. The lowest BCUT2D eigenvalue weighted by atomic mass is 10.1. The molecule has 1 fully saturated rings. The third kappa shape index (κ3) is 1.66. The molecule has 1 saturated heterocycles. The summed E-state index contributed by atoms with van der Waals surface area (Å²) in [4.78, 5) is 0. The summed E-state index contributed by atoms with van der Waals surface area (Å²) in [5.74, 6) is -10.8. The van der Waals surface area contributed by atoms with E-state index < -0.39 is 28.6 Å². The van der Waals surface area contributed by atoms with Gasteiger partial charge in [0.15, 0.2) is 0 Å². The van der Waals surface area contributed by atoms with E-state index in [0.717, 1.165) is 0 Å². The van der Waals surface area contributed by atoms with Crippen LogP contribution in [0.5, 0.6) is 0 Å². The first-order valence-electron chi connectivity index (χ1n) is 3.22. The van der Waals surface area contributed by atoms with Gasteiger partial charge in [-0.3, -0.25) is 0 Å². The molecule has 0 aromatic rings. The minimum atomic E-state index is -5.70. The maximum absolute atomic E-state index is 12.6. The zero-order valence-electron chi connectivity index (χ0n) is 6.39. The van der Waals surface area contributed by atoms with Crippen LogP contribution in [0.2, 0.25) is 0 Å². The fourth-order valence-corrected chi connectivity index (χ4v) is 1.36. The monoisotopic (exact) mass is 280 g/mol. The fraction of sp³-hybridized carbons (Fsp3) is 1.00. The third-order valence-corrected chi connectivity index (χ3v) is 2.33. The number of rotatable bonds is 0. The minimum Gasteiger partial charge on any atom is -0.322 e. The quantitative estimate of drug-likeness (QED) is 0.488. The molecule has 15 heavy (non-hydrogen) atoms. The van der Waals surface area contributed by atoms with Crippen molar-refractivity contribution < 1.29 is 35.5 Å². The first-order chi connectivity index (χ1) is 6.34. The smallest absolute Gasteiger partial charge is 0.322 e. The highest BCUT2D eigenvalue weighted by molar-refractivity contribution is 6.48. The van der Waals surface area contributed by atoms with Crippen LogP contribution in [0.1, 0.15) is 0 Å². The van der Waals surface area contributed by atoms with Crippen molar-refractivity contribution in [2.24, 2.45) is 0 Å². The van der Waals surface area contributed by atoms with Crippen LogP contribution in [-0.2, 0) is 4.74 Å². The van der Waals surface area contributed by atoms with Crippen molar-refractivity contribution in [2.45, 2.75) is 28.6 Å². The van der Waals surface area contributed by atoms with Crippen LogP contribution in [0.15, 0.2) is 0 Å². The van der Waals surface area contributed by atoms with Crippen molar-refractivity contribution >= 4 is 23.2 Å². The molecule has 0 N–H and O–H groups in total. The Kier molecular flexibility index (Phi) is 2.66. The molecule has 0 amide bonds. The third-order valence-electron chi connectivity index (χ3n) is 1.68. The SMILES string of the molecule is FC(F)(F)[C@@H]1OC(Cl)(Cl)C(F)(F)C1(F)F. The van der Waals surface area contributed by atoms with Crippen molar-refractivity contribution in [1.29, 1.82) is 0 Å². The summed E-state index contributed by atoms with van der Waals surface area (Å²) in [6.07, 6.45) is -9.73. The molecule has 0 aromatic carbocycles. The highest BCUT2D eigenvalue weighted by Crippen LogP contribution is 2.60. The fourth-order valence-electron chi connectivity index (χ4n) is 0.927. The lowest BCUT2D eigenvalue weighted by molar-refractivity contribution is -0.275. The second kappa shape index (κ2) is 3.04. The van der Waals surface area contributed by atoms with Gasteiger partial charge in [0.25, 0.3) is 4.52 Å². The number of hydrogen-bond donors (Lipinski definition) is 0. The largest absolute Gasteiger partial charge is 0.420 e. The van der Waals surface area contributed by atoms with E-state index in [0.29, 0.717) is 0 Å². The lowest BCUT2D eigenvalue weighted by Crippen LogP contribution is -2.51. The second-order valence-electron chi connectivity index (χ2n) is 2.75. The zero-order chi connectivity index (χ0) is 12.3. The predicted octanol–water partition coefficient (Wildman–Crippen LogP) is 3.35. The molecule has 0 aliphatic carbocycles. The van der Waals surface area contributed by atoms with E-state index in [2.05, 4.69) is 27.9 Å². The Morgan fingerprint density at radius 2 is 1.40 bits per heavy atom. The van der Waals surface area contributed by atoms with Gasteiger partial charge in [0.05, 0.1) is 0 Å². The van der Waals surface area contributed by atoms with E-state index in [1.165, 1.54) is 0 Å². The first-order valence-corrected chi connectivity index (χ1v) is 3.97. The summed E-state index contributed by atoms with van der Waals surface area (Å²) in [5, 5.41) is 0. The van der Waals surface area contributed by atoms with Crippen molar-refractivity contribution in [3.8, 4) is 0 Å². The minimum absolute atomic E-state index is 3.25. The Balaban J connectivity index is 3.20. The molecular weight excluding hydrogens is 280 g/mol. The summed E-state index contributed by atoms with van der Waals surface area (Å²) in [5.41, 5.74) is 0. The average molecular weight is 281 g/mol. The average Bonchev–Trinajstić information content (AvgIpc) is 2.07. The summed E-state index contributed by atoms with van der Waals surface area (Å²) < 4.78 is 85.5. The van der Waals surface area contributed by atoms with E-state index in [1.807, 2.05) is 0 Å². The van der Waals surface area contributed by atoms with Crippen LogP contribution in [0.25, 0.3) is 0 Å². The summed E-state index contributed by atoms with van der Waals surface area (Å²) in [6.45, 7) is 0. The van der Waals surface area contributed by atoms with E-state index in [4.69, 9.17) is 0 Å². The van der Waals surface area contributed by atoms with Gasteiger partial charge in [0.2, 0.25) is 6.10 Å². The lowest BCUT2D eigenvalue weighted by Gasteiger charge is -2.24. The van der Waals surface area contributed by atoms with Crippen molar-refractivity contribution in [2.75, 3.05) is 0 Å². The molecule has 0 unspecified atom stereocenters. The van der Waals surface area contributed by atoms with Gasteiger partial charge in [-0.15, -0.1) is 0 Å². The Hall–Kier alpha value is 0.0500. The summed E-state index contributed by atoms with van der Waals surface area (Å²) in [6, 6.07) is 0. The van der Waals surface area contributed by atoms with Gasteiger partial charge < -0.3 is 4.74 Å². The molecule has 0 spiro atoms. The predicted molar refractivity (Wildman–Crippen MR) is 35.3 cm³/mol. The standard InChI is InChI=1S/C5HCl2F7O/c6-5(7)4(13,14)2(8,9)1(15-5)3(10,11)12/h1H/t1-/m1/s1. The number of ether oxygens (including phenoxy) is 1. The van der Waals surface area contributed by atoms with Gasteiger partial charge in [0.1, 0.15) is 0 Å². The number of alkyl halides is 9. The van der Waals surface area contributed by atoms with E-state index in [9.17, 15) is 30.7 Å². The van der Waals surface area contributed by atoms with Gasteiger partial charge in [-0.1, -0.05) is 23.2 Å². The second-order valence-corrected chi connectivity index (χ2v) is 4.01. The van der Waals surface area contributed by atoms with Crippen molar-refractivity contribution in [3.63, 3.8) is 0 Å². The van der Waals surface area contributed by atoms with Crippen LogP contribution >= 0.6 is 23.2 Å². The molecule has 90 valence electrons. The molecule has 0 bridgehead atoms. The van der Waals surface area contributed by atoms with E-state index in [1.54, 1.807) is 0 Å². The van der Waals surface area contributed by atoms with Gasteiger partial charge in [-0.2, -0.15) is 30.7 Å². The molecule has 0 aromatic heterocycles. The Bertz CT molecular complexity index is 273. The molecule has 10 heteroatoms. The molecule has 1 heterocycles. The molecule has 0 radical (unpaired) electrons. The van der Waals surface area contributed by atoms with Crippen LogP contribution < -0.4 is 0 Å². The van der Waals surface area contributed by atoms with Crippen LogP contribution in [-0.4, -0.2) is 28.6 Å². The maximum Gasteiger partial charge on any atom is 0.420 e. The molecule has 1 rings (SSSR count). The van der Waals surface area contributed by atoms with Crippen molar-refractivity contribution in [1.82, 2.24) is 0 Å². The topological polar surface area (TPSA) is 9.23 Å². The molecule has 1 aliphatic heterocycles. The van der Waals surface area contributed by atoms with Gasteiger partial charge >= 0.3 is 18.0 Å². The van der Waals surface area contributed by atoms with Crippen LogP contribution in [0.4, 0.5) is 30.7 Å². The van der Waals surface area contributed by atoms with E-state index in [-0.39, 0.29) is 0 Å². The summed E-state index contributed by atoms with van der Waals surface area (Å²) in [7, 11) is 0. The van der Waals surface area contributed by atoms with Crippen LogP contribution in [0, 0.1) is 0 Å². The van der Waals surface area contributed by atoms with Gasteiger partial charge in [0, 0.05) is 0 Å². The first kappa shape index (κ1) is 13.1. The Morgan fingerprint density at radius 3 is 1.53 bits per heavy atom. The Morgan fingerprint density at radius 1 is 1.00 bits per heavy atom. The number of halogens is 9. The molecule has 0 saturated carbocycles. The zero-order valence-corrected chi connectivity index (χ0v) is 7.90. The molecule has 1 nitrogen and oxygen atoms in total. The van der Waals surface area contributed by atoms with E-state index >= 15 is 0 Å². The van der Waals surface area contributed by atoms with Gasteiger partial charge in [-0.25, -0.2) is 0 Å². The highest BCUT2D eigenvalue weighted by Gasteiger charge is 2.84. The Labute approximate surface area is 88.1 Å². The summed E-state index contributed by atoms with van der Waals surface area (Å²) >= 11 is 9.12. The molecular formula is C5HCl2F7O. The van der Waals surface area contributed by atoms with Gasteiger partial charge in [-0.05, 0) is 0 Å². The number of hydrogen-bond acceptors (Lipinski definition) is 1. The van der Waals surface area contributed by atoms with Crippen molar-refractivity contribution in [3.05, 3.63) is 0 Å². The maximum atomic E-state index is 12.6.